The first kappa shape index (κ1) is 17.7. The summed E-state index contributed by atoms with van der Waals surface area (Å²) >= 11 is 0. The zero-order valence-corrected chi connectivity index (χ0v) is 14.0. The van der Waals surface area contributed by atoms with Crippen LogP contribution in [0.3, 0.4) is 0 Å². The van der Waals surface area contributed by atoms with E-state index in [1.165, 1.54) is 0 Å². The largest absolute Gasteiger partial charge is 0.377 e. The van der Waals surface area contributed by atoms with Gasteiger partial charge in [-0.3, -0.25) is 9.98 Å². The molecule has 2 bridgehead atoms. The van der Waals surface area contributed by atoms with Gasteiger partial charge in [0.05, 0.1) is 75.5 Å². The number of pyridine rings is 1. The van der Waals surface area contributed by atoms with Crippen molar-refractivity contribution in [3.8, 4) is 0 Å². The van der Waals surface area contributed by atoms with Gasteiger partial charge in [0.2, 0.25) is 0 Å². The van der Waals surface area contributed by atoms with E-state index in [9.17, 15) is 0 Å². The monoisotopic (exact) mass is 319 g/mol. The standard InChI is InChI=1S/C17H25N3O3/c1-14-16-4-3-5-17(20-16)15(2)19-7-9-22-11-13-23-12-10-21-8-6-18-14/h3-5H,6-13H2,1-2H3/b18-14+,19-15+. The van der Waals surface area contributed by atoms with Crippen LogP contribution in [0.1, 0.15) is 25.2 Å². The molecule has 0 saturated carbocycles. The van der Waals surface area contributed by atoms with Crippen molar-refractivity contribution in [3.63, 3.8) is 0 Å². The second-order valence-electron chi connectivity index (χ2n) is 5.18. The molecule has 1 aliphatic rings. The summed E-state index contributed by atoms with van der Waals surface area (Å²) in [5.74, 6) is 0. The van der Waals surface area contributed by atoms with E-state index in [0.29, 0.717) is 52.7 Å². The van der Waals surface area contributed by atoms with Crippen molar-refractivity contribution in [3.05, 3.63) is 29.6 Å². The molecule has 6 nitrogen and oxygen atoms in total. The topological polar surface area (TPSA) is 65.3 Å². The third-order valence-electron chi connectivity index (χ3n) is 3.40. The summed E-state index contributed by atoms with van der Waals surface area (Å²) < 4.78 is 16.4. The molecule has 2 rings (SSSR count). The van der Waals surface area contributed by atoms with E-state index in [-0.39, 0.29) is 0 Å². The number of fused-ring (bicyclic) bond motifs is 2. The Labute approximate surface area is 137 Å². The molecule has 0 fully saturated rings. The van der Waals surface area contributed by atoms with Crippen LogP contribution in [0.4, 0.5) is 0 Å². The van der Waals surface area contributed by atoms with Gasteiger partial charge in [0.15, 0.2) is 0 Å². The normalized spacial score (nSPS) is 23.7. The fourth-order valence-corrected chi connectivity index (χ4v) is 2.10. The van der Waals surface area contributed by atoms with Gasteiger partial charge in [-0.1, -0.05) is 6.07 Å². The number of rotatable bonds is 0. The molecule has 1 aromatic heterocycles. The first-order valence-corrected chi connectivity index (χ1v) is 8.00. The average Bonchev–Trinajstić information content (AvgIpc) is 2.58. The van der Waals surface area contributed by atoms with Crippen molar-refractivity contribution in [2.24, 2.45) is 9.98 Å². The lowest BCUT2D eigenvalue weighted by Gasteiger charge is -2.08. The van der Waals surface area contributed by atoms with E-state index in [1.54, 1.807) is 0 Å². The van der Waals surface area contributed by atoms with E-state index >= 15 is 0 Å². The number of nitrogens with zero attached hydrogens (tertiary/aromatic N) is 3. The molecule has 0 atom stereocenters. The summed E-state index contributed by atoms with van der Waals surface area (Å²) in [5.41, 5.74) is 3.56. The summed E-state index contributed by atoms with van der Waals surface area (Å²) in [6, 6.07) is 5.91. The molecule has 0 saturated heterocycles. The smallest absolute Gasteiger partial charge is 0.0845 e. The lowest BCUT2D eigenvalue weighted by molar-refractivity contribution is 0.0176. The first-order valence-electron chi connectivity index (χ1n) is 8.00. The van der Waals surface area contributed by atoms with E-state index < -0.39 is 0 Å². The van der Waals surface area contributed by atoms with Crippen molar-refractivity contribution >= 4 is 11.4 Å². The molecule has 23 heavy (non-hydrogen) atoms. The van der Waals surface area contributed by atoms with Crippen LogP contribution in [0.5, 0.6) is 0 Å². The Morgan fingerprint density at radius 3 is 1.61 bits per heavy atom. The van der Waals surface area contributed by atoms with Crippen molar-refractivity contribution < 1.29 is 14.2 Å². The highest BCUT2D eigenvalue weighted by Crippen LogP contribution is 2.04. The second-order valence-corrected chi connectivity index (χ2v) is 5.18. The van der Waals surface area contributed by atoms with E-state index in [0.717, 1.165) is 22.8 Å². The molecular formula is C17H25N3O3. The summed E-state index contributed by atoms with van der Waals surface area (Å²) in [7, 11) is 0. The molecule has 6 heteroatoms. The molecule has 0 spiro atoms. The quantitative estimate of drug-likeness (QED) is 0.731. The van der Waals surface area contributed by atoms with E-state index in [4.69, 9.17) is 14.2 Å². The SMILES string of the molecule is C/C1=N\CCOCCOCCOCC/N=C(\C)c2cccc1n2. The Kier molecular flexibility index (Phi) is 7.86. The van der Waals surface area contributed by atoms with Gasteiger partial charge in [-0.15, -0.1) is 0 Å². The van der Waals surface area contributed by atoms with Gasteiger partial charge in [-0.2, -0.15) is 0 Å². The molecule has 0 N–H and O–H groups in total. The maximum absolute atomic E-state index is 5.49. The maximum atomic E-state index is 5.49. The lowest BCUT2D eigenvalue weighted by Crippen LogP contribution is -2.13. The highest BCUT2D eigenvalue weighted by atomic mass is 16.5. The van der Waals surface area contributed by atoms with Gasteiger partial charge < -0.3 is 14.2 Å². The molecule has 2 heterocycles. The van der Waals surface area contributed by atoms with Crippen molar-refractivity contribution in [2.75, 3.05) is 52.7 Å². The van der Waals surface area contributed by atoms with Crippen molar-refractivity contribution in [2.45, 2.75) is 13.8 Å². The Bertz CT molecular complexity index is 500. The minimum Gasteiger partial charge on any atom is -0.377 e. The third kappa shape index (κ3) is 6.56. The minimum absolute atomic E-state index is 0.575. The lowest BCUT2D eigenvalue weighted by atomic mass is 10.2. The Balaban J connectivity index is 2.07. The number of hydrogen-bond donors (Lipinski definition) is 0. The summed E-state index contributed by atoms with van der Waals surface area (Å²) in [5, 5.41) is 0. The molecule has 1 aromatic rings. The van der Waals surface area contributed by atoms with Gasteiger partial charge in [0, 0.05) is 0 Å². The predicted octanol–water partition coefficient (Wildman–Crippen LogP) is 1.76. The fraction of sp³-hybridized carbons (Fsp3) is 0.588. The minimum atomic E-state index is 0.575. The van der Waals surface area contributed by atoms with Gasteiger partial charge in [0.25, 0.3) is 0 Å². The zero-order chi connectivity index (χ0) is 16.3. The molecular weight excluding hydrogens is 294 g/mol. The number of aromatic nitrogens is 1. The second kappa shape index (κ2) is 10.2. The van der Waals surface area contributed by atoms with Crippen LogP contribution in [-0.4, -0.2) is 69.1 Å². The summed E-state index contributed by atoms with van der Waals surface area (Å²) in [6.07, 6.45) is 0. The predicted molar refractivity (Wildman–Crippen MR) is 90.9 cm³/mol. The van der Waals surface area contributed by atoms with Crippen LogP contribution < -0.4 is 0 Å². The van der Waals surface area contributed by atoms with Crippen LogP contribution in [0.15, 0.2) is 28.2 Å². The van der Waals surface area contributed by atoms with Crippen LogP contribution in [0.25, 0.3) is 0 Å². The van der Waals surface area contributed by atoms with Gasteiger partial charge in [-0.25, -0.2) is 4.98 Å². The third-order valence-corrected chi connectivity index (χ3v) is 3.40. The number of hydrogen-bond acceptors (Lipinski definition) is 6. The molecule has 0 aromatic carbocycles. The first-order chi connectivity index (χ1) is 11.3. The summed E-state index contributed by atoms with van der Waals surface area (Å²) in [6.45, 7) is 8.63. The molecule has 0 radical (unpaired) electrons. The van der Waals surface area contributed by atoms with Gasteiger partial charge in [-0.05, 0) is 26.0 Å². The Hall–Kier alpha value is -1.63. The highest BCUT2D eigenvalue weighted by Gasteiger charge is 2.04. The molecule has 126 valence electrons. The number of ether oxygens (including phenoxy) is 3. The van der Waals surface area contributed by atoms with Crippen LogP contribution >= 0.6 is 0 Å². The molecule has 0 unspecified atom stereocenters. The zero-order valence-electron chi connectivity index (χ0n) is 14.0. The molecule has 0 aliphatic carbocycles. The van der Waals surface area contributed by atoms with Gasteiger partial charge in [0.1, 0.15) is 0 Å². The molecule has 1 aliphatic heterocycles. The van der Waals surface area contributed by atoms with Crippen LogP contribution in [0, 0.1) is 0 Å². The Morgan fingerprint density at radius 2 is 1.13 bits per heavy atom. The van der Waals surface area contributed by atoms with Crippen molar-refractivity contribution in [1.29, 1.82) is 0 Å². The van der Waals surface area contributed by atoms with Crippen LogP contribution in [-0.2, 0) is 14.2 Å². The van der Waals surface area contributed by atoms with E-state index in [2.05, 4.69) is 15.0 Å². The van der Waals surface area contributed by atoms with Gasteiger partial charge >= 0.3 is 0 Å². The average molecular weight is 319 g/mol. The van der Waals surface area contributed by atoms with Crippen molar-refractivity contribution in [1.82, 2.24) is 4.98 Å². The highest BCUT2D eigenvalue weighted by molar-refractivity contribution is 6.00. The fourth-order valence-electron chi connectivity index (χ4n) is 2.10. The Morgan fingerprint density at radius 1 is 0.696 bits per heavy atom. The number of aliphatic imine (C=N–C) groups is 2. The van der Waals surface area contributed by atoms with E-state index in [1.807, 2.05) is 32.0 Å². The maximum Gasteiger partial charge on any atom is 0.0845 e. The molecule has 0 amide bonds. The summed E-state index contributed by atoms with van der Waals surface area (Å²) in [4.78, 5) is 13.7. The van der Waals surface area contributed by atoms with Crippen LogP contribution in [0.2, 0.25) is 0 Å².